The molecular weight excluding hydrogens is 333 g/mol. The second-order valence-corrected chi connectivity index (χ2v) is 6.46. The van der Waals surface area contributed by atoms with Gasteiger partial charge in [-0.1, -0.05) is 0 Å². The van der Waals surface area contributed by atoms with E-state index in [4.69, 9.17) is 5.73 Å². The maximum absolute atomic E-state index is 13.1. The van der Waals surface area contributed by atoms with Crippen molar-refractivity contribution in [3.63, 3.8) is 0 Å². The number of nitrogen functional groups attached to an aromatic ring is 1. The molecule has 1 aliphatic rings. The first-order valence-corrected chi connectivity index (χ1v) is 8.60. The highest BCUT2D eigenvalue weighted by Gasteiger charge is 2.26. The Morgan fingerprint density at radius 1 is 1.15 bits per heavy atom. The van der Waals surface area contributed by atoms with Crippen LogP contribution in [0.5, 0.6) is 0 Å². The number of pyridine rings is 2. The summed E-state index contributed by atoms with van der Waals surface area (Å²) < 4.78 is 14.7. The van der Waals surface area contributed by atoms with Gasteiger partial charge >= 0.3 is 0 Å². The molecule has 1 fully saturated rings. The second-order valence-electron chi connectivity index (χ2n) is 6.46. The number of hydrogen-bond donors (Lipinski definition) is 1. The van der Waals surface area contributed by atoms with Gasteiger partial charge in [-0.05, 0) is 37.1 Å². The molecule has 0 unspecified atom stereocenters. The Hall–Kier alpha value is -3.03. The van der Waals surface area contributed by atoms with Gasteiger partial charge in [-0.2, -0.15) is 14.5 Å². The van der Waals surface area contributed by atoms with E-state index in [0.717, 1.165) is 48.7 Å². The molecule has 0 spiro atoms. The number of aryl methyl sites for hydroxylation is 1. The van der Waals surface area contributed by atoms with E-state index in [0.29, 0.717) is 11.9 Å². The van der Waals surface area contributed by atoms with Gasteiger partial charge in [0.2, 0.25) is 11.9 Å². The van der Waals surface area contributed by atoms with E-state index in [1.54, 1.807) is 30.2 Å². The van der Waals surface area contributed by atoms with Crippen molar-refractivity contribution in [2.24, 2.45) is 7.05 Å². The first-order valence-electron chi connectivity index (χ1n) is 8.60. The van der Waals surface area contributed by atoms with Gasteiger partial charge in [0.15, 0.2) is 5.82 Å². The zero-order valence-electron chi connectivity index (χ0n) is 14.5. The summed E-state index contributed by atoms with van der Waals surface area (Å²) in [5, 5.41) is 4.41. The fraction of sp³-hybridized carbons (Fsp3) is 0.333. The summed E-state index contributed by atoms with van der Waals surface area (Å²) in [5.41, 5.74) is 7.61. The van der Waals surface area contributed by atoms with Crippen LogP contribution >= 0.6 is 0 Å². The topological polar surface area (TPSA) is 85.8 Å². The van der Waals surface area contributed by atoms with Gasteiger partial charge in [0, 0.05) is 49.6 Å². The summed E-state index contributed by atoms with van der Waals surface area (Å²) in [6, 6.07) is 6.98. The molecule has 1 aliphatic heterocycles. The zero-order valence-corrected chi connectivity index (χ0v) is 14.5. The molecule has 0 amide bonds. The van der Waals surface area contributed by atoms with Crippen LogP contribution in [0.3, 0.4) is 0 Å². The van der Waals surface area contributed by atoms with Crippen molar-refractivity contribution >= 4 is 11.8 Å². The summed E-state index contributed by atoms with van der Waals surface area (Å²) in [4.78, 5) is 14.9. The van der Waals surface area contributed by atoms with Crippen LogP contribution in [0.25, 0.3) is 11.1 Å². The largest absolute Gasteiger partial charge is 0.368 e. The molecule has 26 heavy (non-hydrogen) atoms. The van der Waals surface area contributed by atoms with Crippen LogP contribution in [0, 0.1) is 5.95 Å². The molecule has 7 nitrogen and oxygen atoms in total. The Kier molecular flexibility index (Phi) is 4.24. The normalized spacial score (nSPS) is 15.4. The summed E-state index contributed by atoms with van der Waals surface area (Å²) >= 11 is 0. The summed E-state index contributed by atoms with van der Waals surface area (Å²) in [6.07, 6.45) is 5.19. The number of nitrogens with two attached hydrogens (primary N) is 1. The number of aromatic nitrogens is 5. The lowest BCUT2D eigenvalue weighted by Crippen LogP contribution is -2.34. The number of halogens is 1. The zero-order chi connectivity index (χ0) is 18.1. The van der Waals surface area contributed by atoms with Crippen LogP contribution in [0.1, 0.15) is 24.6 Å². The number of hydrogen-bond acceptors (Lipinski definition) is 6. The first-order chi connectivity index (χ1) is 12.6. The van der Waals surface area contributed by atoms with Crippen LogP contribution in [0.15, 0.2) is 36.7 Å². The molecular formula is C18H20FN7. The highest BCUT2D eigenvalue weighted by atomic mass is 19.1. The quantitative estimate of drug-likeness (QED) is 0.728. The van der Waals surface area contributed by atoms with E-state index in [1.807, 2.05) is 12.1 Å². The molecule has 134 valence electrons. The molecule has 3 aromatic rings. The molecule has 0 atom stereocenters. The molecule has 0 bridgehead atoms. The smallest absolute Gasteiger partial charge is 0.218 e. The fourth-order valence-electron chi connectivity index (χ4n) is 3.35. The Bertz CT molecular complexity index is 879. The number of rotatable bonds is 3. The molecule has 0 aromatic carbocycles. The van der Waals surface area contributed by atoms with Crippen LogP contribution in [-0.4, -0.2) is 37.8 Å². The lowest BCUT2D eigenvalue weighted by molar-refractivity contribution is 0.481. The lowest BCUT2D eigenvalue weighted by atomic mass is 9.95. The third-order valence-corrected chi connectivity index (χ3v) is 4.80. The molecule has 8 heteroatoms. The first kappa shape index (κ1) is 16.4. The molecule has 4 rings (SSSR count). The van der Waals surface area contributed by atoms with Gasteiger partial charge < -0.3 is 10.6 Å². The minimum Gasteiger partial charge on any atom is -0.368 e. The van der Waals surface area contributed by atoms with Gasteiger partial charge in [0.25, 0.3) is 0 Å². The van der Waals surface area contributed by atoms with Crippen molar-refractivity contribution in [1.29, 1.82) is 0 Å². The van der Waals surface area contributed by atoms with Crippen molar-refractivity contribution in [2.75, 3.05) is 23.7 Å². The molecule has 0 saturated carbocycles. The molecule has 3 aromatic heterocycles. The predicted octanol–water partition coefficient (Wildman–Crippen LogP) is 2.38. The van der Waals surface area contributed by atoms with E-state index in [9.17, 15) is 4.39 Å². The van der Waals surface area contributed by atoms with Crippen molar-refractivity contribution < 1.29 is 4.39 Å². The standard InChI is InChI=1S/C18H20FN7/c1-25-18(20)23-16(24-25)12-6-9-26(10-7-12)17-14(3-2-8-21-17)13-4-5-15(19)22-11-13/h2-5,8,11-12H,6-7,9-10H2,1H3,(H2,20,23,24). The van der Waals surface area contributed by atoms with E-state index >= 15 is 0 Å². The van der Waals surface area contributed by atoms with Crippen molar-refractivity contribution in [1.82, 2.24) is 24.7 Å². The lowest BCUT2D eigenvalue weighted by Gasteiger charge is -2.32. The van der Waals surface area contributed by atoms with Crippen LogP contribution in [0.2, 0.25) is 0 Å². The Morgan fingerprint density at radius 3 is 2.62 bits per heavy atom. The third-order valence-electron chi connectivity index (χ3n) is 4.80. The maximum atomic E-state index is 13.1. The average molecular weight is 353 g/mol. The maximum Gasteiger partial charge on any atom is 0.218 e. The van der Waals surface area contributed by atoms with Crippen molar-refractivity contribution in [2.45, 2.75) is 18.8 Å². The van der Waals surface area contributed by atoms with E-state index in [-0.39, 0.29) is 0 Å². The molecule has 0 radical (unpaired) electrons. The number of nitrogens with zero attached hydrogens (tertiary/aromatic N) is 6. The molecule has 4 heterocycles. The minimum absolute atomic E-state index is 0.300. The minimum atomic E-state index is -0.484. The monoisotopic (exact) mass is 353 g/mol. The summed E-state index contributed by atoms with van der Waals surface area (Å²) in [5.74, 6) is 1.97. The Morgan fingerprint density at radius 2 is 1.96 bits per heavy atom. The van der Waals surface area contributed by atoms with Gasteiger partial charge in [-0.25, -0.2) is 14.6 Å². The van der Waals surface area contributed by atoms with Crippen LogP contribution in [0.4, 0.5) is 16.2 Å². The van der Waals surface area contributed by atoms with E-state index in [2.05, 4.69) is 25.0 Å². The van der Waals surface area contributed by atoms with Gasteiger partial charge in [0.1, 0.15) is 5.82 Å². The average Bonchev–Trinajstić information content (AvgIpc) is 3.01. The summed E-state index contributed by atoms with van der Waals surface area (Å²) in [7, 11) is 1.80. The van der Waals surface area contributed by atoms with Gasteiger partial charge in [-0.3, -0.25) is 0 Å². The molecule has 1 saturated heterocycles. The number of anilines is 2. The molecule has 2 N–H and O–H groups in total. The third kappa shape index (κ3) is 3.10. The number of piperidine rings is 1. The van der Waals surface area contributed by atoms with Crippen LogP contribution in [-0.2, 0) is 7.05 Å². The fourth-order valence-corrected chi connectivity index (χ4v) is 3.35. The Labute approximate surface area is 150 Å². The van der Waals surface area contributed by atoms with E-state index in [1.165, 1.54) is 6.07 Å². The highest BCUT2D eigenvalue weighted by Crippen LogP contribution is 2.33. The summed E-state index contributed by atoms with van der Waals surface area (Å²) in [6.45, 7) is 1.70. The van der Waals surface area contributed by atoms with Crippen LogP contribution < -0.4 is 10.6 Å². The van der Waals surface area contributed by atoms with Gasteiger partial charge in [-0.15, -0.1) is 0 Å². The van der Waals surface area contributed by atoms with Crippen molar-refractivity contribution in [3.8, 4) is 11.1 Å². The van der Waals surface area contributed by atoms with Crippen molar-refractivity contribution in [3.05, 3.63) is 48.4 Å². The Balaban J connectivity index is 1.54. The SMILES string of the molecule is Cn1nc(C2CCN(c3ncccc3-c3ccc(F)nc3)CC2)nc1N. The molecule has 0 aliphatic carbocycles. The predicted molar refractivity (Wildman–Crippen MR) is 97.0 cm³/mol. The highest BCUT2D eigenvalue weighted by molar-refractivity contribution is 5.75. The second kappa shape index (κ2) is 6.70. The van der Waals surface area contributed by atoms with E-state index < -0.39 is 5.95 Å². The van der Waals surface area contributed by atoms with Gasteiger partial charge in [0.05, 0.1) is 0 Å².